The van der Waals surface area contributed by atoms with E-state index in [2.05, 4.69) is 5.32 Å². The summed E-state index contributed by atoms with van der Waals surface area (Å²) in [6.45, 7) is 0.570. The van der Waals surface area contributed by atoms with Crippen molar-refractivity contribution in [3.63, 3.8) is 0 Å². The van der Waals surface area contributed by atoms with Crippen LogP contribution < -0.4 is 16.0 Å². The highest BCUT2D eigenvalue weighted by Crippen LogP contribution is 2.31. The molecular formula is C16H21N3O2. The zero-order chi connectivity index (χ0) is 14.8. The highest BCUT2D eigenvalue weighted by Gasteiger charge is 2.29. The molecule has 2 aliphatic rings. The maximum atomic E-state index is 12.1. The van der Waals surface area contributed by atoms with E-state index in [1.165, 1.54) is 0 Å². The Morgan fingerprint density at radius 1 is 1.33 bits per heavy atom. The maximum Gasteiger partial charge on any atom is 0.240 e. The van der Waals surface area contributed by atoms with Crippen LogP contribution in [0.2, 0.25) is 0 Å². The molecule has 1 aliphatic heterocycles. The molecule has 0 aromatic heterocycles. The third-order valence-corrected chi connectivity index (χ3v) is 4.26. The number of carbonyl (C=O) groups is 2. The summed E-state index contributed by atoms with van der Waals surface area (Å²) < 4.78 is 0. The van der Waals surface area contributed by atoms with E-state index >= 15 is 0 Å². The van der Waals surface area contributed by atoms with E-state index in [-0.39, 0.29) is 24.4 Å². The number of nitrogens with one attached hydrogen (secondary N) is 1. The first-order valence-electron chi connectivity index (χ1n) is 7.55. The first-order valence-corrected chi connectivity index (χ1v) is 7.55. The first-order chi connectivity index (χ1) is 10.1. The molecule has 1 fully saturated rings. The Labute approximate surface area is 124 Å². The second-order valence-corrected chi connectivity index (χ2v) is 5.91. The number of hydrogen-bond acceptors (Lipinski definition) is 3. The van der Waals surface area contributed by atoms with Crippen molar-refractivity contribution in [3.05, 3.63) is 29.8 Å². The van der Waals surface area contributed by atoms with Crippen molar-refractivity contribution in [2.75, 3.05) is 18.0 Å². The zero-order valence-electron chi connectivity index (χ0n) is 12.0. The number of fused-ring (bicyclic) bond motifs is 1. The van der Waals surface area contributed by atoms with Gasteiger partial charge in [-0.25, -0.2) is 0 Å². The third kappa shape index (κ3) is 3.24. The molecule has 1 saturated carbocycles. The molecule has 1 unspecified atom stereocenters. The minimum absolute atomic E-state index is 0.00958. The van der Waals surface area contributed by atoms with Crippen LogP contribution in [-0.4, -0.2) is 30.9 Å². The molecule has 3 N–H and O–H groups in total. The van der Waals surface area contributed by atoms with Gasteiger partial charge in [-0.2, -0.15) is 0 Å². The van der Waals surface area contributed by atoms with Crippen molar-refractivity contribution in [1.82, 2.24) is 5.32 Å². The molecule has 5 heteroatoms. The minimum Gasteiger partial charge on any atom is -0.353 e. The van der Waals surface area contributed by atoms with Crippen molar-refractivity contribution >= 4 is 17.5 Å². The van der Waals surface area contributed by atoms with Gasteiger partial charge in [0, 0.05) is 24.7 Å². The Balaban J connectivity index is 1.60. The van der Waals surface area contributed by atoms with Gasteiger partial charge in [0.15, 0.2) is 0 Å². The number of rotatable bonds is 5. The molecule has 0 saturated heterocycles. The van der Waals surface area contributed by atoms with Crippen LogP contribution in [0, 0.1) is 5.92 Å². The average molecular weight is 287 g/mol. The number of anilines is 1. The molecule has 0 radical (unpaired) electrons. The van der Waals surface area contributed by atoms with Gasteiger partial charge in [-0.3, -0.25) is 9.59 Å². The largest absolute Gasteiger partial charge is 0.353 e. The fraction of sp³-hybridized carbons (Fsp3) is 0.500. The molecule has 1 aliphatic carbocycles. The molecule has 5 nitrogen and oxygen atoms in total. The van der Waals surface area contributed by atoms with E-state index in [0.717, 1.165) is 30.5 Å². The minimum atomic E-state index is -0.142. The standard InChI is InChI=1S/C16H21N3O2/c17-13(11-5-6-11)9-18-15(20)10-19-14-4-2-1-3-12(14)7-8-16(19)21/h1-4,11,13H,5-10,17H2,(H,18,20). The molecule has 1 atom stereocenters. The first kappa shape index (κ1) is 14.1. The molecule has 2 amide bonds. The average Bonchev–Trinajstić information content (AvgIpc) is 3.32. The van der Waals surface area contributed by atoms with E-state index in [4.69, 9.17) is 5.73 Å². The predicted octanol–water partition coefficient (Wildman–Crippen LogP) is 0.819. The normalized spacial score (nSPS) is 19.1. The molecule has 0 bridgehead atoms. The van der Waals surface area contributed by atoms with Gasteiger partial charge in [-0.15, -0.1) is 0 Å². The van der Waals surface area contributed by atoms with Gasteiger partial charge in [0.1, 0.15) is 6.54 Å². The maximum absolute atomic E-state index is 12.1. The summed E-state index contributed by atoms with van der Waals surface area (Å²) in [4.78, 5) is 25.7. The van der Waals surface area contributed by atoms with Crippen molar-refractivity contribution in [2.24, 2.45) is 11.7 Å². The van der Waals surface area contributed by atoms with E-state index in [9.17, 15) is 9.59 Å². The molecule has 1 heterocycles. The summed E-state index contributed by atoms with van der Waals surface area (Å²) in [5.74, 6) is 0.425. The number of aryl methyl sites for hydroxylation is 1. The molecule has 1 aromatic rings. The SMILES string of the molecule is NC(CNC(=O)CN1C(=O)CCc2ccccc21)C1CC1. The van der Waals surface area contributed by atoms with Gasteiger partial charge >= 0.3 is 0 Å². The van der Waals surface area contributed by atoms with Crippen molar-refractivity contribution in [1.29, 1.82) is 0 Å². The Bertz CT molecular complexity index is 554. The van der Waals surface area contributed by atoms with Crippen molar-refractivity contribution < 1.29 is 9.59 Å². The number of amides is 2. The van der Waals surface area contributed by atoms with E-state index in [1.54, 1.807) is 4.90 Å². The fourth-order valence-electron chi connectivity index (χ4n) is 2.79. The fourth-order valence-corrected chi connectivity index (χ4v) is 2.79. The molecule has 21 heavy (non-hydrogen) atoms. The summed E-state index contributed by atoms with van der Waals surface area (Å²) >= 11 is 0. The lowest BCUT2D eigenvalue weighted by Crippen LogP contribution is -2.46. The van der Waals surface area contributed by atoms with Gasteiger partial charge in [-0.05, 0) is 36.8 Å². The number of nitrogens with zero attached hydrogens (tertiary/aromatic N) is 1. The van der Waals surface area contributed by atoms with Crippen LogP contribution in [-0.2, 0) is 16.0 Å². The van der Waals surface area contributed by atoms with Gasteiger partial charge < -0.3 is 16.0 Å². The van der Waals surface area contributed by atoms with Crippen LogP contribution in [0.25, 0.3) is 0 Å². The van der Waals surface area contributed by atoms with Gasteiger partial charge in [0.25, 0.3) is 0 Å². The summed E-state index contributed by atoms with van der Waals surface area (Å²) in [6, 6.07) is 7.80. The highest BCUT2D eigenvalue weighted by atomic mass is 16.2. The molecule has 0 spiro atoms. The number of carbonyl (C=O) groups excluding carboxylic acids is 2. The van der Waals surface area contributed by atoms with Crippen LogP contribution in [0.5, 0.6) is 0 Å². The molecular weight excluding hydrogens is 266 g/mol. The van der Waals surface area contributed by atoms with Crippen LogP contribution in [0.1, 0.15) is 24.8 Å². The topological polar surface area (TPSA) is 75.4 Å². The second kappa shape index (κ2) is 5.85. The van der Waals surface area contributed by atoms with Crippen molar-refractivity contribution in [3.8, 4) is 0 Å². The summed E-state index contributed by atoms with van der Waals surface area (Å²) in [7, 11) is 0. The Kier molecular flexibility index (Phi) is 3.92. The Hall–Kier alpha value is -1.88. The number of hydrogen-bond donors (Lipinski definition) is 2. The van der Waals surface area contributed by atoms with Crippen molar-refractivity contribution in [2.45, 2.75) is 31.7 Å². The second-order valence-electron chi connectivity index (χ2n) is 5.91. The van der Waals surface area contributed by atoms with Crippen LogP contribution >= 0.6 is 0 Å². The lowest BCUT2D eigenvalue weighted by Gasteiger charge is -2.29. The number of nitrogens with two attached hydrogens (primary N) is 1. The van der Waals surface area contributed by atoms with Crippen LogP contribution in [0.4, 0.5) is 5.69 Å². The number of para-hydroxylation sites is 1. The molecule has 3 rings (SSSR count). The van der Waals surface area contributed by atoms with Gasteiger partial charge in [-0.1, -0.05) is 18.2 Å². The Morgan fingerprint density at radius 3 is 2.86 bits per heavy atom. The van der Waals surface area contributed by atoms with Crippen LogP contribution in [0.15, 0.2) is 24.3 Å². The van der Waals surface area contributed by atoms with E-state index < -0.39 is 0 Å². The third-order valence-electron chi connectivity index (χ3n) is 4.26. The van der Waals surface area contributed by atoms with E-state index in [0.29, 0.717) is 18.9 Å². The summed E-state index contributed by atoms with van der Waals surface area (Å²) in [6.07, 6.45) is 3.54. The smallest absolute Gasteiger partial charge is 0.240 e. The van der Waals surface area contributed by atoms with E-state index in [1.807, 2.05) is 24.3 Å². The zero-order valence-corrected chi connectivity index (χ0v) is 12.0. The summed E-state index contributed by atoms with van der Waals surface area (Å²) in [5.41, 5.74) is 7.95. The quantitative estimate of drug-likeness (QED) is 0.842. The summed E-state index contributed by atoms with van der Waals surface area (Å²) in [5, 5.41) is 2.84. The lowest BCUT2D eigenvalue weighted by atomic mass is 10.0. The predicted molar refractivity (Wildman–Crippen MR) is 80.8 cm³/mol. The molecule has 1 aromatic carbocycles. The molecule has 112 valence electrons. The lowest BCUT2D eigenvalue weighted by molar-refractivity contribution is -0.124. The van der Waals surface area contributed by atoms with Gasteiger partial charge in [0.05, 0.1) is 0 Å². The Morgan fingerprint density at radius 2 is 2.10 bits per heavy atom. The number of benzene rings is 1. The van der Waals surface area contributed by atoms with Crippen LogP contribution in [0.3, 0.4) is 0 Å². The highest BCUT2D eigenvalue weighted by molar-refractivity contribution is 6.00. The monoisotopic (exact) mass is 287 g/mol. The van der Waals surface area contributed by atoms with Gasteiger partial charge in [0.2, 0.25) is 11.8 Å².